The molecule has 0 unspecified atom stereocenters. The molecule has 0 saturated carbocycles. The Bertz CT molecular complexity index is 2170. The molecular formula is C51H86FN5O15S. The lowest BCUT2D eigenvalue weighted by Crippen LogP contribution is -2.61. The molecule has 0 spiro atoms. The first kappa shape index (κ1) is 61.0. The van der Waals surface area contributed by atoms with Gasteiger partial charge in [0.05, 0.1) is 58.7 Å². The standard InChI is InChI=1S/C51H86FN5O15S/c1-15-40-51(11,63)44(59)34(7)56(13)26-30(3)23-49(9,62)46(32(5)43(33(6)47(61)70-40)71-41-24-50(10,66-14)45(60)35(8)69-41)72-48-42(58)39(22-31(4)68-48)55(12)21-20-36-27-57(54-53-36)37(25-52)28-67-73(64,65)38-18-16-29(2)17-19-38/h16-19,27,30-35,37,39-46,48,58-60,62-63H,15,20-26,28H2,1-14H3/t30-,31-,32+,33-,34-,35+,37-,39+,40-,41+,42-,43+,44-,45+,46-,48+,49-,50-,51-/m1/s1. The number of rotatable bonds is 16. The van der Waals surface area contributed by atoms with Crippen LogP contribution in [0, 0.1) is 24.7 Å². The minimum atomic E-state index is -4.15. The van der Waals surface area contributed by atoms with E-state index >= 15 is 0 Å². The van der Waals surface area contributed by atoms with Crippen LogP contribution in [-0.2, 0) is 53.9 Å². The molecule has 20 nitrogen and oxygen atoms in total. The second-order valence-electron chi connectivity index (χ2n) is 22.0. The maximum absolute atomic E-state index is 14.5. The first-order valence-electron chi connectivity index (χ1n) is 25.7. The predicted octanol–water partition coefficient (Wildman–Crippen LogP) is 3.33. The summed E-state index contributed by atoms with van der Waals surface area (Å²) in [7, 11) is 0.968. The second kappa shape index (κ2) is 25.1. The molecule has 0 bridgehead atoms. The van der Waals surface area contributed by atoms with Gasteiger partial charge in [-0.2, -0.15) is 8.42 Å². The fourth-order valence-corrected chi connectivity index (χ4v) is 11.8. The lowest BCUT2D eigenvalue weighted by atomic mass is 9.77. The summed E-state index contributed by atoms with van der Waals surface area (Å²) in [5.41, 5.74) is -3.29. The number of hydrogen-bond acceptors (Lipinski definition) is 19. The number of carbonyl (C=O) groups is 1. The molecule has 5 N–H and O–H groups in total. The smallest absolute Gasteiger partial charge is 0.311 e. The van der Waals surface area contributed by atoms with E-state index in [1.54, 1.807) is 60.6 Å². The number of alkyl halides is 1. The fraction of sp³-hybridized carbons (Fsp3) is 0.824. The van der Waals surface area contributed by atoms with Crippen molar-refractivity contribution >= 4 is 16.1 Å². The molecule has 418 valence electrons. The Morgan fingerprint density at radius 2 is 1.64 bits per heavy atom. The van der Waals surface area contributed by atoms with Crippen molar-refractivity contribution in [1.29, 1.82) is 0 Å². The van der Waals surface area contributed by atoms with Crippen molar-refractivity contribution in [3.63, 3.8) is 0 Å². The van der Waals surface area contributed by atoms with Gasteiger partial charge in [0, 0.05) is 57.2 Å². The highest BCUT2D eigenvalue weighted by atomic mass is 32.2. The second-order valence-corrected chi connectivity index (χ2v) is 23.6. The van der Waals surface area contributed by atoms with Crippen LogP contribution < -0.4 is 0 Å². The van der Waals surface area contributed by atoms with Gasteiger partial charge < -0.3 is 63.8 Å². The topological polar surface area (TPSA) is 254 Å². The van der Waals surface area contributed by atoms with E-state index in [9.17, 15) is 43.1 Å². The molecule has 73 heavy (non-hydrogen) atoms. The Balaban J connectivity index is 1.42. The molecule has 3 fully saturated rings. The summed E-state index contributed by atoms with van der Waals surface area (Å²) in [4.78, 5) is 18.3. The monoisotopic (exact) mass is 1060 g/mol. The Morgan fingerprint density at radius 3 is 2.26 bits per heavy atom. The number of aromatic nitrogens is 3. The normalized spacial score (nSPS) is 39.4. The van der Waals surface area contributed by atoms with Crippen LogP contribution in [0.2, 0.25) is 0 Å². The van der Waals surface area contributed by atoms with Gasteiger partial charge in [-0.25, -0.2) is 9.07 Å². The third-order valence-electron chi connectivity index (χ3n) is 15.7. The van der Waals surface area contributed by atoms with Crippen molar-refractivity contribution in [3.05, 3.63) is 41.7 Å². The molecular weight excluding hydrogens is 974 g/mol. The number of aryl methyl sites for hydroxylation is 1. The van der Waals surface area contributed by atoms with Gasteiger partial charge in [0.1, 0.15) is 42.7 Å². The van der Waals surface area contributed by atoms with Crippen LogP contribution in [0.4, 0.5) is 4.39 Å². The van der Waals surface area contributed by atoms with Gasteiger partial charge in [-0.1, -0.05) is 43.7 Å². The Kier molecular flexibility index (Phi) is 21.0. The number of methoxy groups -OCH3 is 1. The molecule has 1 aromatic heterocycles. The van der Waals surface area contributed by atoms with E-state index in [1.165, 1.54) is 37.0 Å². The summed E-state index contributed by atoms with van der Waals surface area (Å²) in [6.45, 7) is 18.3. The van der Waals surface area contributed by atoms with Crippen LogP contribution in [0.1, 0.15) is 112 Å². The summed E-state index contributed by atoms with van der Waals surface area (Å²) in [6.07, 6.45) is -7.95. The van der Waals surface area contributed by atoms with E-state index in [2.05, 4.69) is 10.3 Å². The first-order chi connectivity index (χ1) is 34.0. The van der Waals surface area contributed by atoms with Gasteiger partial charge in [0.25, 0.3) is 10.1 Å². The van der Waals surface area contributed by atoms with Crippen molar-refractivity contribution in [1.82, 2.24) is 24.8 Å². The molecule has 0 aliphatic carbocycles. The van der Waals surface area contributed by atoms with Gasteiger partial charge >= 0.3 is 5.97 Å². The highest BCUT2D eigenvalue weighted by Crippen LogP contribution is 2.40. The summed E-state index contributed by atoms with van der Waals surface area (Å²) in [5.74, 6) is -2.96. The zero-order chi connectivity index (χ0) is 54.5. The lowest BCUT2D eigenvalue weighted by molar-refractivity contribution is -0.318. The molecule has 2 aromatic rings. The average Bonchev–Trinajstić information content (AvgIpc) is 3.80. The molecule has 3 saturated heterocycles. The van der Waals surface area contributed by atoms with Crippen LogP contribution in [0.3, 0.4) is 0 Å². The molecule has 0 radical (unpaired) electrons. The molecule has 4 heterocycles. The number of ether oxygens (including phenoxy) is 6. The average molecular weight is 1060 g/mol. The summed E-state index contributed by atoms with van der Waals surface area (Å²) >= 11 is 0. The Morgan fingerprint density at radius 1 is 0.986 bits per heavy atom. The van der Waals surface area contributed by atoms with Gasteiger partial charge in [0.2, 0.25) is 0 Å². The number of aliphatic hydroxyl groups excluding tert-OH is 3. The van der Waals surface area contributed by atoms with Crippen LogP contribution in [-0.4, -0.2) is 203 Å². The van der Waals surface area contributed by atoms with E-state index in [-0.39, 0.29) is 30.1 Å². The number of nitrogens with zero attached hydrogens (tertiary/aromatic N) is 5. The first-order valence-corrected chi connectivity index (χ1v) is 27.1. The summed E-state index contributed by atoms with van der Waals surface area (Å²) < 4.78 is 84.5. The van der Waals surface area contributed by atoms with E-state index in [0.29, 0.717) is 31.6 Å². The Hall–Kier alpha value is -2.81. The van der Waals surface area contributed by atoms with Gasteiger partial charge in [-0.05, 0) is 107 Å². The molecule has 3 aliphatic heterocycles. The molecule has 19 atom stereocenters. The van der Waals surface area contributed by atoms with Gasteiger partial charge in [0.15, 0.2) is 12.6 Å². The zero-order valence-electron chi connectivity index (χ0n) is 45.3. The molecule has 3 aliphatic rings. The van der Waals surface area contributed by atoms with Gasteiger partial charge in [-0.15, -0.1) is 5.10 Å². The molecule has 22 heteroatoms. The van der Waals surface area contributed by atoms with E-state index in [1.807, 2.05) is 44.7 Å². The number of halogens is 1. The van der Waals surface area contributed by atoms with Crippen molar-refractivity contribution in [2.75, 3.05) is 47.6 Å². The van der Waals surface area contributed by atoms with Crippen molar-refractivity contribution < 1.29 is 75.7 Å². The number of cyclic esters (lactones) is 1. The molecule has 5 rings (SSSR count). The molecule has 0 amide bonds. The van der Waals surface area contributed by atoms with Gasteiger partial charge in [-0.3, -0.25) is 8.98 Å². The largest absolute Gasteiger partial charge is 0.459 e. The van der Waals surface area contributed by atoms with E-state index in [4.69, 9.17) is 32.6 Å². The number of likely N-dealkylation sites (N-methyl/N-ethyl adjacent to an activating group) is 2. The van der Waals surface area contributed by atoms with Crippen LogP contribution in [0.25, 0.3) is 0 Å². The van der Waals surface area contributed by atoms with Crippen LogP contribution in [0.15, 0.2) is 35.4 Å². The third kappa shape index (κ3) is 14.6. The molecule has 1 aromatic carbocycles. The number of hydrogen-bond donors (Lipinski definition) is 5. The maximum Gasteiger partial charge on any atom is 0.311 e. The van der Waals surface area contributed by atoms with Crippen LogP contribution >= 0.6 is 0 Å². The minimum Gasteiger partial charge on any atom is -0.459 e. The zero-order valence-corrected chi connectivity index (χ0v) is 46.1. The number of esters is 1. The third-order valence-corrected chi connectivity index (χ3v) is 17.0. The van der Waals surface area contributed by atoms with Crippen LogP contribution in [0.5, 0.6) is 0 Å². The number of aliphatic hydroxyl groups is 5. The maximum atomic E-state index is 14.5. The van der Waals surface area contributed by atoms with Crippen molar-refractivity contribution in [2.24, 2.45) is 17.8 Å². The van der Waals surface area contributed by atoms with E-state index < -0.39 is 138 Å². The fourth-order valence-electron chi connectivity index (χ4n) is 10.9. The van der Waals surface area contributed by atoms with Crippen molar-refractivity contribution in [3.8, 4) is 0 Å². The lowest BCUT2D eigenvalue weighted by Gasteiger charge is -2.49. The highest BCUT2D eigenvalue weighted by molar-refractivity contribution is 7.86. The number of benzene rings is 1. The minimum absolute atomic E-state index is 0.0458. The summed E-state index contributed by atoms with van der Waals surface area (Å²) in [6, 6.07) is 3.92. The van der Waals surface area contributed by atoms with E-state index in [0.717, 1.165) is 5.56 Å². The Labute approximate surface area is 431 Å². The predicted molar refractivity (Wildman–Crippen MR) is 266 cm³/mol. The quantitative estimate of drug-likeness (QED) is 0.119. The number of carbonyl (C=O) groups excluding carboxylic acids is 1. The van der Waals surface area contributed by atoms with Crippen molar-refractivity contribution in [2.45, 2.75) is 210 Å². The summed E-state index contributed by atoms with van der Waals surface area (Å²) in [5, 5.41) is 67.9. The SMILES string of the molecule is CC[C@H]1OC(=O)[C@H](C)[C@@H](O[C@H]2C[C@@](C)(OC)[C@@H](O)[C@H](C)O2)[C@H](C)[C@@H](O[C@@H]2O[C@H](C)C[C@H](N(C)CCc3cn([C@H](CF)COS(=O)(=O)c4ccc(C)cc4)nn3)[C@H]2O)[C@](C)(O)C[C@@H](C)CN(C)[C@H](C)[C@@H](O)[C@]1(C)O. The highest BCUT2D eigenvalue weighted by Gasteiger charge is 2.53.